The van der Waals surface area contributed by atoms with Crippen molar-refractivity contribution in [3.63, 3.8) is 0 Å². The fourth-order valence-electron chi connectivity index (χ4n) is 3.92. The van der Waals surface area contributed by atoms with Gasteiger partial charge in [0, 0.05) is 5.56 Å². The van der Waals surface area contributed by atoms with Gasteiger partial charge in [-0.25, -0.2) is 9.18 Å². The van der Waals surface area contributed by atoms with Crippen molar-refractivity contribution in [2.75, 3.05) is 6.54 Å². The number of piperidine rings is 1. The largest absolute Gasteiger partial charge is 0.327 e. The number of nitrogens with zero attached hydrogens (tertiary/aromatic N) is 2. The SMILES string of the molecule is O=C1C2NCCCC2N(Cc2ccccc2F)C(=O)N1Cc1ccccc1. The van der Waals surface area contributed by atoms with Crippen molar-refractivity contribution in [2.24, 2.45) is 0 Å². The highest BCUT2D eigenvalue weighted by molar-refractivity contribution is 6.00. The van der Waals surface area contributed by atoms with E-state index in [0.717, 1.165) is 24.9 Å². The topological polar surface area (TPSA) is 52.7 Å². The van der Waals surface area contributed by atoms with Gasteiger partial charge in [-0.3, -0.25) is 9.69 Å². The van der Waals surface area contributed by atoms with Gasteiger partial charge in [-0.05, 0) is 31.0 Å². The monoisotopic (exact) mass is 367 g/mol. The number of fused-ring (bicyclic) bond motifs is 1. The summed E-state index contributed by atoms with van der Waals surface area (Å²) in [6, 6.07) is 14.9. The van der Waals surface area contributed by atoms with E-state index in [1.165, 1.54) is 11.0 Å². The van der Waals surface area contributed by atoms with E-state index in [2.05, 4.69) is 5.32 Å². The van der Waals surface area contributed by atoms with E-state index >= 15 is 0 Å². The van der Waals surface area contributed by atoms with Crippen molar-refractivity contribution >= 4 is 11.9 Å². The Labute approximate surface area is 157 Å². The quantitative estimate of drug-likeness (QED) is 0.904. The number of nitrogens with one attached hydrogen (secondary N) is 1. The molecule has 2 atom stereocenters. The van der Waals surface area contributed by atoms with Crippen LogP contribution in [0.2, 0.25) is 0 Å². The van der Waals surface area contributed by atoms with Gasteiger partial charge >= 0.3 is 6.03 Å². The molecule has 2 aliphatic rings. The molecule has 0 bridgehead atoms. The van der Waals surface area contributed by atoms with Crippen LogP contribution in [0.5, 0.6) is 0 Å². The normalized spacial score (nSPS) is 22.7. The van der Waals surface area contributed by atoms with Gasteiger partial charge in [-0.15, -0.1) is 0 Å². The lowest BCUT2D eigenvalue weighted by Gasteiger charge is -2.47. The number of amides is 3. The minimum absolute atomic E-state index is 0.160. The highest BCUT2D eigenvalue weighted by atomic mass is 19.1. The molecule has 140 valence electrons. The third kappa shape index (κ3) is 3.45. The number of urea groups is 1. The zero-order chi connectivity index (χ0) is 18.8. The van der Waals surface area contributed by atoms with Crippen molar-refractivity contribution < 1.29 is 14.0 Å². The van der Waals surface area contributed by atoms with Crippen LogP contribution in [0.3, 0.4) is 0 Å². The molecule has 1 N–H and O–H groups in total. The summed E-state index contributed by atoms with van der Waals surface area (Å²) in [5.41, 5.74) is 1.35. The first-order valence-corrected chi connectivity index (χ1v) is 9.28. The summed E-state index contributed by atoms with van der Waals surface area (Å²) in [5.74, 6) is -0.532. The standard InChI is InChI=1S/C21H22FN3O2/c22-17-10-5-4-9-16(17)14-24-18-11-6-12-23-19(18)20(26)25(21(24)27)13-15-7-2-1-3-8-15/h1-5,7-10,18-19,23H,6,11-14H2. The lowest BCUT2D eigenvalue weighted by atomic mass is 9.92. The Hall–Kier alpha value is -2.73. The molecule has 5 nitrogen and oxygen atoms in total. The molecule has 2 saturated heterocycles. The maximum Gasteiger partial charge on any atom is 0.327 e. The fraction of sp³-hybridized carbons (Fsp3) is 0.333. The molecule has 2 heterocycles. The van der Waals surface area contributed by atoms with E-state index in [0.29, 0.717) is 5.56 Å². The zero-order valence-corrected chi connectivity index (χ0v) is 15.0. The molecule has 0 radical (unpaired) electrons. The second-order valence-electron chi connectivity index (χ2n) is 7.05. The maximum absolute atomic E-state index is 14.2. The first-order valence-electron chi connectivity index (χ1n) is 9.28. The second-order valence-corrected chi connectivity index (χ2v) is 7.05. The maximum atomic E-state index is 14.2. The van der Waals surface area contributed by atoms with Gasteiger partial charge in [-0.1, -0.05) is 48.5 Å². The number of halogens is 1. The van der Waals surface area contributed by atoms with Crippen LogP contribution in [0.4, 0.5) is 9.18 Å². The van der Waals surface area contributed by atoms with Crippen LogP contribution in [0.1, 0.15) is 24.0 Å². The molecule has 2 unspecified atom stereocenters. The van der Waals surface area contributed by atoms with Gasteiger partial charge in [0.05, 0.1) is 19.1 Å². The molecule has 2 aliphatic heterocycles. The van der Waals surface area contributed by atoms with Crippen LogP contribution in [-0.2, 0) is 17.9 Å². The number of imide groups is 1. The summed E-state index contributed by atoms with van der Waals surface area (Å²) in [6.07, 6.45) is 1.62. The molecular weight excluding hydrogens is 345 g/mol. The van der Waals surface area contributed by atoms with Gasteiger partial charge in [0.2, 0.25) is 5.91 Å². The number of carbonyl (C=O) groups is 2. The molecule has 27 heavy (non-hydrogen) atoms. The summed E-state index contributed by atoms with van der Waals surface area (Å²) < 4.78 is 14.2. The van der Waals surface area contributed by atoms with Gasteiger partial charge in [0.1, 0.15) is 11.9 Å². The molecule has 3 amide bonds. The Morgan fingerprint density at radius 1 is 1.00 bits per heavy atom. The van der Waals surface area contributed by atoms with Gasteiger partial charge in [0.25, 0.3) is 0 Å². The summed E-state index contributed by atoms with van der Waals surface area (Å²) in [6.45, 7) is 1.12. The van der Waals surface area contributed by atoms with Crippen LogP contribution < -0.4 is 5.32 Å². The van der Waals surface area contributed by atoms with Gasteiger partial charge in [0.15, 0.2) is 0 Å². The highest BCUT2D eigenvalue weighted by Crippen LogP contribution is 2.28. The summed E-state index contributed by atoms with van der Waals surface area (Å²) in [4.78, 5) is 29.1. The van der Waals surface area contributed by atoms with E-state index < -0.39 is 6.04 Å². The molecule has 6 heteroatoms. The zero-order valence-electron chi connectivity index (χ0n) is 15.0. The Balaban J connectivity index is 1.64. The third-order valence-electron chi connectivity index (χ3n) is 5.32. The highest BCUT2D eigenvalue weighted by Gasteiger charge is 2.47. The molecule has 2 fully saturated rings. The van der Waals surface area contributed by atoms with Crippen molar-refractivity contribution in [3.8, 4) is 0 Å². The predicted molar refractivity (Wildman–Crippen MR) is 99.1 cm³/mol. The van der Waals surface area contributed by atoms with E-state index in [4.69, 9.17) is 0 Å². The van der Waals surface area contributed by atoms with Crippen LogP contribution in [0.15, 0.2) is 54.6 Å². The predicted octanol–water partition coefficient (Wildman–Crippen LogP) is 2.91. The van der Waals surface area contributed by atoms with Crippen molar-refractivity contribution in [1.82, 2.24) is 15.1 Å². The summed E-state index contributed by atoms with van der Waals surface area (Å²) in [5, 5.41) is 3.26. The smallest absolute Gasteiger partial charge is 0.315 e. The van der Waals surface area contributed by atoms with E-state index in [9.17, 15) is 14.0 Å². The van der Waals surface area contributed by atoms with Crippen molar-refractivity contribution in [2.45, 2.75) is 38.0 Å². The summed E-state index contributed by atoms with van der Waals surface area (Å²) >= 11 is 0. The minimum Gasteiger partial charge on any atom is -0.315 e. The Morgan fingerprint density at radius 2 is 1.74 bits per heavy atom. The van der Waals surface area contributed by atoms with E-state index in [1.807, 2.05) is 30.3 Å². The Bertz CT molecular complexity index is 842. The number of benzene rings is 2. The number of carbonyl (C=O) groups excluding carboxylic acids is 2. The first kappa shape index (κ1) is 17.7. The molecule has 0 aromatic heterocycles. The van der Waals surface area contributed by atoms with Crippen LogP contribution in [-0.4, -0.2) is 40.4 Å². The molecule has 4 rings (SSSR count). The number of hydrogen-bond acceptors (Lipinski definition) is 3. The number of rotatable bonds is 4. The van der Waals surface area contributed by atoms with Gasteiger partial charge < -0.3 is 10.2 Å². The lowest BCUT2D eigenvalue weighted by Crippen LogP contribution is -2.68. The van der Waals surface area contributed by atoms with Crippen molar-refractivity contribution in [1.29, 1.82) is 0 Å². The number of hydrogen-bond donors (Lipinski definition) is 1. The van der Waals surface area contributed by atoms with E-state index in [1.54, 1.807) is 23.1 Å². The molecule has 2 aromatic carbocycles. The van der Waals surface area contributed by atoms with Crippen LogP contribution >= 0.6 is 0 Å². The van der Waals surface area contributed by atoms with Gasteiger partial charge in [-0.2, -0.15) is 0 Å². The second kappa shape index (κ2) is 7.48. The molecule has 0 aliphatic carbocycles. The Kier molecular flexibility index (Phi) is 4.90. The molecule has 2 aromatic rings. The minimum atomic E-state index is -0.438. The summed E-state index contributed by atoms with van der Waals surface area (Å²) in [7, 11) is 0. The Morgan fingerprint density at radius 3 is 2.52 bits per heavy atom. The molecule has 0 saturated carbocycles. The fourth-order valence-corrected chi connectivity index (χ4v) is 3.92. The van der Waals surface area contributed by atoms with Crippen LogP contribution in [0.25, 0.3) is 0 Å². The molecule has 0 spiro atoms. The van der Waals surface area contributed by atoms with Crippen molar-refractivity contribution in [3.05, 3.63) is 71.5 Å². The first-order chi connectivity index (χ1) is 13.1. The third-order valence-corrected chi connectivity index (χ3v) is 5.32. The van der Waals surface area contributed by atoms with E-state index in [-0.39, 0.29) is 36.9 Å². The average Bonchev–Trinajstić information content (AvgIpc) is 2.70. The average molecular weight is 367 g/mol. The lowest BCUT2D eigenvalue weighted by molar-refractivity contribution is -0.137. The molecular formula is C21H22FN3O2. The van der Waals surface area contributed by atoms with Crippen LogP contribution in [0, 0.1) is 5.82 Å².